The second kappa shape index (κ2) is 3.51. The minimum atomic E-state index is 0.0192. The van der Waals surface area contributed by atoms with Crippen molar-refractivity contribution in [2.45, 2.75) is 6.92 Å². The molecule has 1 aliphatic rings. The highest BCUT2D eigenvalue weighted by Crippen LogP contribution is 2.35. The minimum Gasteiger partial charge on any atom is -0.454 e. The molecule has 0 unspecified atom stereocenters. The Bertz CT molecular complexity index is 880. The third kappa shape index (κ3) is 1.43. The molecule has 0 bridgehead atoms. The third-order valence-corrected chi connectivity index (χ3v) is 3.45. The highest BCUT2D eigenvalue weighted by Gasteiger charge is 2.16. The lowest BCUT2D eigenvalue weighted by Crippen LogP contribution is -2.04. The molecule has 2 aromatic carbocycles. The summed E-state index contributed by atoms with van der Waals surface area (Å²) >= 11 is 0. The molecule has 0 aliphatic carbocycles. The number of pyridine rings is 1. The quantitative estimate of drug-likeness (QED) is 0.627. The standard InChI is InChI=1S/C15H11NO3/c1-8-2-3-11-9(4-8)15(17)10-5-13-14(19-7-18-13)6-12(10)16-11/h2-6H,7H2,1H3,(H,16,17). The molecule has 0 radical (unpaired) electrons. The molecule has 0 saturated carbocycles. The SMILES string of the molecule is Cc1ccc2[nH]c3cc4c(cc3c(=O)c2c1)OCO4. The summed E-state index contributed by atoms with van der Waals surface area (Å²) in [4.78, 5) is 15.8. The average Bonchev–Trinajstić information content (AvgIpc) is 2.85. The smallest absolute Gasteiger partial charge is 0.231 e. The summed E-state index contributed by atoms with van der Waals surface area (Å²) < 4.78 is 10.7. The fraction of sp³-hybridized carbons (Fsp3) is 0.133. The highest BCUT2D eigenvalue weighted by molar-refractivity contribution is 5.94. The van der Waals surface area contributed by atoms with E-state index in [1.807, 2.05) is 31.2 Å². The number of aromatic amines is 1. The summed E-state index contributed by atoms with van der Waals surface area (Å²) in [5.74, 6) is 1.31. The molecule has 0 fully saturated rings. The Balaban J connectivity index is 2.19. The first-order chi connectivity index (χ1) is 9.22. The summed E-state index contributed by atoms with van der Waals surface area (Å²) in [7, 11) is 0. The van der Waals surface area contributed by atoms with Gasteiger partial charge < -0.3 is 14.5 Å². The van der Waals surface area contributed by atoms with Crippen LogP contribution in [-0.2, 0) is 0 Å². The Morgan fingerprint density at radius 2 is 1.74 bits per heavy atom. The van der Waals surface area contributed by atoms with Crippen LogP contribution in [0.4, 0.5) is 0 Å². The summed E-state index contributed by atoms with van der Waals surface area (Å²) in [6.07, 6.45) is 0. The van der Waals surface area contributed by atoms with E-state index >= 15 is 0 Å². The number of aryl methyl sites for hydroxylation is 1. The van der Waals surface area contributed by atoms with Crippen LogP contribution in [0.15, 0.2) is 35.1 Å². The Kier molecular flexibility index (Phi) is 1.93. The lowest BCUT2D eigenvalue weighted by atomic mass is 10.1. The first kappa shape index (κ1) is 10.4. The molecule has 19 heavy (non-hydrogen) atoms. The first-order valence-electron chi connectivity index (χ1n) is 6.08. The molecule has 0 atom stereocenters. The van der Waals surface area contributed by atoms with E-state index < -0.39 is 0 Å². The average molecular weight is 253 g/mol. The zero-order chi connectivity index (χ0) is 13.0. The minimum absolute atomic E-state index is 0.0192. The molecule has 3 aromatic rings. The Morgan fingerprint density at radius 3 is 2.58 bits per heavy atom. The number of aromatic nitrogens is 1. The first-order valence-corrected chi connectivity index (χ1v) is 6.08. The maximum absolute atomic E-state index is 12.5. The third-order valence-electron chi connectivity index (χ3n) is 3.45. The van der Waals surface area contributed by atoms with E-state index in [1.54, 1.807) is 6.07 Å². The maximum Gasteiger partial charge on any atom is 0.231 e. The van der Waals surface area contributed by atoms with E-state index in [4.69, 9.17) is 9.47 Å². The summed E-state index contributed by atoms with van der Waals surface area (Å²) in [5.41, 5.74) is 2.69. The number of fused-ring (bicyclic) bond motifs is 3. The van der Waals surface area contributed by atoms with Crippen LogP contribution in [0.2, 0.25) is 0 Å². The number of hydrogen-bond donors (Lipinski definition) is 1. The van der Waals surface area contributed by atoms with Gasteiger partial charge in [-0.05, 0) is 25.1 Å². The molecule has 94 valence electrons. The van der Waals surface area contributed by atoms with Gasteiger partial charge in [-0.1, -0.05) is 11.6 Å². The zero-order valence-electron chi connectivity index (χ0n) is 10.3. The van der Waals surface area contributed by atoms with Crippen LogP contribution in [0, 0.1) is 6.92 Å². The predicted molar refractivity (Wildman–Crippen MR) is 72.9 cm³/mol. The molecule has 0 amide bonds. The number of ether oxygens (including phenoxy) is 2. The van der Waals surface area contributed by atoms with E-state index in [-0.39, 0.29) is 12.2 Å². The van der Waals surface area contributed by atoms with Crippen LogP contribution in [0.1, 0.15) is 5.56 Å². The van der Waals surface area contributed by atoms with Crippen molar-refractivity contribution in [3.63, 3.8) is 0 Å². The van der Waals surface area contributed by atoms with E-state index in [9.17, 15) is 4.79 Å². The number of H-pyrrole nitrogens is 1. The maximum atomic E-state index is 12.5. The Morgan fingerprint density at radius 1 is 1.00 bits per heavy atom. The van der Waals surface area contributed by atoms with Crippen molar-refractivity contribution in [2.75, 3.05) is 6.79 Å². The lowest BCUT2D eigenvalue weighted by molar-refractivity contribution is 0.174. The predicted octanol–water partition coefficient (Wildman–Crippen LogP) is 2.72. The summed E-state index contributed by atoms with van der Waals surface area (Å²) in [6, 6.07) is 9.38. The number of benzene rings is 2. The second-order valence-electron chi connectivity index (χ2n) is 4.75. The van der Waals surface area contributed by atoms with Crippen LogP contribution in [0.25, 0.3) is 21.8 Å². The summed E-state index contributed by atoms with van der Waals surface area (Å²) in [5, 5.41) is 1.33. The number of rotatable bonds is 0. The monoisotopic (exact) mass is 253 g/mol. The van der Waals surface area contributed by atoms with Crippen LogP contribution >= 0.6 is 0 Å². The van der Waals surface area contributed by atoms with Crippen molar-refractivity contribution in [2.24, 2.45) is 0 Å². The van der Waals surface area contributed by atoms with Crippen LogP contribution < -0.4 is 14.9 Å². The zero-order valence-corrected chi connectivity index (χ0v) is 10.3. The molecule has 2 heterocycles. The Labute approximate surface area is 108 Å². The van der Waals surface area contributed by atoms with E-state index in [0.717, 1.165) is 16.6 Å². The van der Waals surface area contributed by atoms with Gasteiger partial charge in [-0.15, -0.1) is 0 Å². The Hall–Kier alpha value is -2.49. The van der Waals surface area contributed by atoms with Gasteiger partial charge in [0, 0.05) is 17.0 Å². The topological polar surface area (TPSA) is 51.3 Å². The molecule has 0 saturated heterocycles. The molecule has 0 spiro atoms. The van der Waals surface area contributed by atoms with Crippen molar-refractivity contribution in [3.05, 3.63) is 46.1 Å². The molecule has 1 N–H and O–H groups in total. The van der Waals surface area contributed by atoms with Gasteiger partial charge in [-0.3, -0.25) is 4.79 Å². The molecular weight excluding hydrogens is 242 g/mol. The van der Waals surface area contributed by atoms with Crippen molar-refractivity contribution < 1.29 is 9.47 Å². The fourth-order valence-electron chi connectivity index (χ4n) is 2.48. The fourth-order valence-corrected chi connectivity index (χ4v) is 2.48. The number of hydrogen-bond acceptors (Lipinski definition) is 3. The van der Waals surface area contributed by atoms with Crippen LogP contribution in [0.5, 0.6) is 11.5 Å². The van der Waals surface area contributed by atoms with E-state index in [1.165, 1.54) is 0 Å². The molecule has 4 nitrogen and oxygen atoms in total. The number of nitrogens with one attached hydrogen (secondary N) is 1. The lowest BCUT2D eigenvalue weighted by Gasteiger charge is -2.05. The van der Waals surface area contributed by atoms with Crippen LogP contribution in [0.3, 0.4) is 0 Å². The molecule has 4 heteroatoms. The van der Waals surface area contributed by atoms with Crippen molar-refractivity contribution in [1.29, 1.82) is 0 Å². The van der Waals surface area contributed by atoms with E-state index in [0.29, 0.717) is 22.3 Å². The van der Waals surface area contributed by atoms with Gasteiger partial charge >= 0.3 is 0 Å². The molecule has 1 aliphatic heterocycles. The van der Waals surface area contributed by atoms with Crippen molar-refractivity contribution >= 4 is 21.8 Å². The molecule has 1 aromatic heterocycles. The van der Waals surface area contributed by atoms with Gasteiger partial charge in [-0.25, -0.2) is 0 Å². The van der Waals surface area contributed by atoms with Gasteiger partial charge in [0.1, 0.15) is 0 Å². The highest BCUT2D eigenvalue weighted by atomic mass is 16.7. The normalized spacial score (nSPS) is 13.3. The van der Waals surface area contributed by atoms with Gasteiger partial charge in [-0.2, -0.15) is 0 Å². The molecule has 4 rings (SSSR count). The van der Waals surface area contributed by atoms with Crippen molar-refractivity contribution in [3.8, 4) is 11.5 Å². The van der Waals surface area contributed by atoms with E-state index in [2.05, 4.69) is 4.98 Å². The largest absolute Gasteiger partial charge is 0.454 e. The molecular formula is C15H11NO3. The van der Waals surface area contributed by atoms with Gasteiger partial charge in [0.05, 0.1) is 10.9 Å². The second-order valence-corrected chi connectivity index (χ2v) is 4.75. The van der Waals surface area contributed by atoms with Gasteiger partial charge in [0.2, 0.25) is 6.79 Å². The van der Waals surface area contributed by atoms with Crippen LogP contribution in [-0.4, -0.2) is 11.8 Å². The van der Waals surface area contributed by atoms with Gasteiger partial charge in [0.15, 0.2) is 16.9 Å². The summed E-state index contributed by atoms with van der Waals surface area (Å²) in [6.45, 7) is 2.18. The van der Waals surface area contributed by atoms with Crippen molar-refractivity contribution in [1.82, 2.24) is 4.98 Å². The van der Waals surface area contributed by atoms with Gasteiger partial charge in [0.25, 0.3) is 0 Å².